The normalized spacial score (nSPS) is 20.5. The lowest BCUT2D eigenvalue weighted by atomic mass is 10.1. The molecule has 0 aromatic rings. The first-order valence-corrected chi connectivity index (χ1v) is 6.63. The summed E-state index contributed by atoms with van der Waals surface area (Å²) in [6.45, 7) is 6.16. The molecule has 1 saturated heterocycles. The zero-order chi connectivity index (χ0) is 10.6. The summed E-state index contributed by atoms with van der Waals surface area (Å²) in [7, 11) is 1.04. The number of hydrogen-bond donors (Lipinski definition) is 1. The molecule has 1 aliphatic heterocycles. The van der Waals surface area contributed by atoms with Gasteiger partial charge in [0, 0.05) is 42.5 Å². The summed E-state index contributed by atoms with van der Waals surface area (Å²) in [5, 5.41) is 3.19. The molecule has 4 heteroatoms. The molecule has 0 saturated carbocycles. The second kappa shape index (κ2) is 5.24. The molecule has 0 aromatic heterocycles. The third-order valence-electron chi connectivity index (χ3n) is 2.77. The highest BCUT2D eigenvalue weighted by molar-refractivity contribution is 7.84. The molecule has 0 radical (unpaired) electrons. The molecule has 1 aliphatic rings. The van der Waals surface area contributed by atoms with Crippen LogP contribution in [0, 0.1) is 5.92 Å². The summed E-state index contributed by atoms with van der Waals surface area (Å²) < 4.78 is 16.9. The first-order chi connectivity index (χ1) is 6.53. The van der Waals surface area contributed by atoms with Crippen LogP contribution in [-0.2, 0) is 15.5 Å². The molecule has 1 unspecified atom stereocenters. The number of nitrogens with one attached hydrogen (secondary N) is 1. The van der Waals surface area contributed by atoms with Gasteiger partial charge < -0.3 is 10.1 Å². The molecule has 1 fully saturated rings. The van der Waals surface area contributed by atoms with E-state index in [4.69, 9.17) is 4.74 Å². The van der Waals surface area contributed by atoms with E-state index in [9.17, 15) is 4.21 Å². The second-order valence-corrected chi connectivity index (χ2v) is 6.17. The van der Waals surface area contributed by atoms with Crippen molar-refractivity contribution in [1.82, 2.24) is 5.32 Å². The van der Waals surface area contributed by atoms with Crippen LogP contribution in [0.4, 0.5) is 0 Å². The minimum absolute atomic E-state index is 0.131. The van der Waals surface area contributed by atoms with Gasteiger partial charge >= 0.3 is 0 Å². The summed E-state index contributed by atoms with van der Waals surface area (Å²) >= 11 is 0. The lowest BCUT2D eigenvalue weighted by molar-refractivity contribution is 0.0205. The van der Waals surface area contributed by atoms with Crippen LogP contribution in [0.2, 0.25) is 0 Å². The summed E-state index contributed by atoms with van der Waals surface area (Å²) in [6.07, 6.45) is 0.871. The Morgan fingerprint density at radius 3 is 2.57 bits per heavy atom. The highest BCUT2D eigenvalue weighted by Gasteiger charge is 2.22. The van der Waals surface area contributed by atoms with Crippen molar-refractivity contribution in [3.8, 4) is 0 Å². The van der Waals surface area contributed by atoms with E-state index < -0.39 is 10.8 Å². The van der Waals surface area contributed by atoms with E-state index in [2.05, 4.69) is 5.32 Å². The third kappa shape index (κ3) is 4.07. The maximum Gasteiger partial charge on any atom is 0.0631 e. The number of ether oxygens (including phenoxy) is 1. The molecular formula is C10H21NO2S. The minimum atomic E-state index is -0.667. The predicted molar refractivity (Wildman–Crippen MR) is 59.9 cm³/mol. The van der Waals surface area contributed by atoms with Gasteiger partial charge in [-0.3, -0.25) is 4.21 Å². The van der Waals surface area contributed by atoms with Gasteiger partial charge in [0.25, 0.3) is 0 Å². The molecule has 0 aliphatic carbocycles. The quantitative estimate of drug-likeness (QED) is 0.717. The van der Waals surface area contributed by atoms with Gasteiger partial charge in [-0.15, -0.1) is 0 Å². The van der Waals surface area contributed by atoms with Crippen molar-refractivity contribution < 1.29 is 8.95 Å². The van der Waals surface area contributed by atoms with Gasteiger partial charge in [0.05, 0.1) is 5.60 Å². The van der Waals surface area contributed by atoms with Crippen molar-refractivity contribution in [2.45, 2.75) is 25.9 Å². The molecule has 1 N–H and O–H groups in total. The Bertz CT molecular complexity index is 202. The van der Waals surface area contributed by atoms with Gasteiger partial charge in [-0.2, -0.15) is 0 Å². The van der Waals surface area contributed by atoms with Crippen molar-refractivity contribution in [2.75, 3.05) is 31.7 Å². The Kier molecular flexibility index (Phi) is 4.54. The van der Waals surface area contributed by atoms with Gasteiger partial charge in [-0.25, -0.2) is 0 Å². The Hall–Kier alpha value is 0.0700. The smallest absolute Gasteiger partial charge is 0.0631 e. The van der Waals surface area contributed by atoms with Crippen molar-refractivity contribution in [3.63, 3.8) is 0 Å². The standard InChI is InChI=1S/C10H21NO2S/c1-10(2,13-3)4-5-14(12)8-9-6-11-7-9/h9,11H,4-8H2,1-3H3. The molecule has 0 bridgehead atoms. The fourth-order valence-electron chi connectivity index (χ4n) is 1.27. The fraction of sp³-hybridized carbons (Fsp3) is 1.00. The topological polar surface area (TPSA) is 38.3 Å². The Balaban J connectivity index is 2.13. The SMILES string of the molecule is COC(C)(C)CCS(=O)CC1CNC1. The Morgan fingerprint density at radius 2 is 2.14 bits per heavy atom. The lowest BCUT2D eigenvalue weighted by Gasteiger charge is -2.27. The highest BCUT2D eigenvalue weighted by Crippen LogP contribution is 2.14. The molecule has 0 amide bonds. The summed E-state index contributed by atoms with van der Waals surface area (Å²) in [4.78, 5) is 0. The van der Waals surface area contributed by atoms with E-state index in [1.165, 1.54) is 0 Å². The van der Waals surface area contributed by atoms with E-state index in [-0.39, 0.29) is 5.60 Å². The van der Waals surface area contributed by atoms with Crippen LogP contribution < -0.4 is 5.32 Å². The van der Waals surface area contributed by atoms with Crippen LogP contribution in [-0.4, -0.2) is 41.5 Å². The minimum Gasteiger partial charge on any atom is -0.379 e. The van der Waals surface area contributed by atoms with Gasteiger partial charge in [0.2, 0.25) is 0 Å². The molecule has 84 valence electrons. The van der Waals surface area contributed by atoms with Crippen LogP contribution >= 0.6 is 0 Å². The third-order valence-corrected chi connectivity index (χ3v) is 4.27. The maximum atomic E-state index is 11.6. The number of methoxy groups -OCH3 is 1. The van der Waals surface area contributed by atoms with Crippen molar-refractivity contribution in [2.24, 2.45) is 5.92 Å². The Morgan fingerprint density at radius 1 is 1.50 bits per heavy atom. The zero-order valence-electron chi connectivity index (χ0n) is 9.34. The van der Waals surface area contributed by atoms with E-state index in [1.54, 1.807) is 7.11 Å². The summed E-state index contributed by atoms with van der Waals surface area (Å²) in [5.74, 6) is 2.26. The molecule has 0 aromatic carbocycles. The predicted octanol–water partition coefficient (Wildman–Crippen LogP) is 0.770. The largest absolute Gasteiger partial charge is 0.379 e. The molecule has 0 spiro atoms. The van der Waals surface area contributed by atoms with Crippen LogP contribution in [0.1, 0.15) is 20.3 Å². The first-order valence-electron chi connectivity index (χ1n) is 5.14. The molecule has 1 atom stereocenters. The molecule has 3 nitrogen and oxygen atoms in total. The number of rotatable bonds is 6. The van der Waals surface area contributed by atoms with Crippen LogP contribution in [0.5, 0.6) is 0 Å². The molecule has 1 rings (SSSR count). The van der Waals surface area contributed by atoms with Gasteiger partial charge in [-0.05, 0) is 26.2 Å². The first kappa shape index (κ1) is 12.1. The van der Waals surface area contributed by atoms with Crippen LogP contribution in [0.3, 0.4) is 0 Å². The van der Waals surface area contributed by atoms with Gasteiger partial charge in [-0.1, -0.05) is 0 Å². The molecular weight excluding hydrogens is 198 g/mol. The lowest BCUT2D eigenvalue weighted by Crippen LogP contribution is -2.45. The van der Waals surface area contributed by atoms with E-state index >= 15 is 0 Å². The average Bonchev–Trinajstić information content (AvgIpc) is 2.08. The van der Waals surface area contributed by atoms with E-state index in [0.717, 1.165) is 31.0 Å². The van der Waals surface area contributed by atoms with E-state index in [1.807, 2.05) is 13.8 Å². The van der Waals surface area contributed by atoms with Crippen molar-refractivity contribution in [3.05, 3.63) is 0 Å². The zero-order valence-corrected chi connectivity index (χ0v) is 10.2. The van der Waals surface area contributed by atoms with Crippen molar-refractivity contribution in [1.29, 1.82) is 0 Å². The second-order valence-electron chi connectivity index (χ2n) is 4.55. The fourth-order valence-corrected chi connectivity index (χ4v) is 2.92. The monoisotopic (exact) mass is 219 g/mol. The summed E-state index contributed by atoms with van der Waals surface area (Å²) in [6, 6.07) is 0. The highest BCUT2D eigenvalue weighted by atomic mass is 32.2. The molecule has 1 heterocycles. The maximum absolute atomic E-state index is 11.6. The van der Waals surface area contributed by atoms with Gasteiger partial charge in [0.1, 0.15) is 0 Å². The summed E-state index contributed by atoms with van der Waals surface area (Å²) in [5.41, 5.74) is -0.131. The van der Waals surface area contributed by atoms with Crippen LogP contribution in [0.15, 0.2) is 0 Å². The Labute approximate surface area is 89.1 Å². The average molecular weight is 219 g/mol. The van der Waals surface area contributed by atoms with E-state index in [0.29, 0.717) is 5.92 Å². The number of hydrogen-bond acceptors (Lipinski definition) is 3. The van der Waals surface area contributed by atoms with Gasteiger partial charge in [0.15, 0.2) is 0 Å². The molecule has 14 heavy (non-hydrogen) atoms. The van der Waals surface area contributed by atoms with Crippen LogP contribution in [0.25, 0.3) is 0 Å². The van der Waals surface area contributed by atoms with Crippen molar-refractivity contribution >= 4 is 10.8 Å².